The normalized spacial score (nSPS) is 12.4. The summed E-state index contributed by atoms with van der Waals surface area (Å²) in [6, 6.07) is 12.8. The van der Waals surface area contributed by atoms with Crippen LogP contribution in [0.1, 0.15) is 55.1 Å². The Balaban J connectivity index is 1.94. The molecule has 0 bridgehead atoms. The number of amides is 1. The van der Waals surface area contributed by atoms with Crippen molar-refractivity contribution in [3.8, 4) is 0 Å². The maximum Gasteiger partial charge on any atom is 0.352 e. The lowest BCUT2D eigenvalue weighted by molar-refractivity contribution is 0.0939. The van der Waals surface area contributed by atoms with Gasteiger partial charge in [0.15, 0.2) is 0 Å². The molecule has 1 unspecified atom stereocenters. The van der Waals surface area contributed by atoms with E-state index in [1.807, 2.05) is 52.0 Å². The van der Waals surface area contributed by atoms with Crippen LogP contribution in [0.2, 0.25) is 0 Å². The summed E-state index contributed by atoms with van der Waals surface area (Å²) in [4.78, 5) is 39.4. The van der Waals surface area contributed by atoms with Crippen LogP contribution < -0.4 is 16.6 Å². The van der Waals surface area contributed by atoms with Crippen molar-refractivity contribution in [1.29, 1.82) is 0 Å². The van der Waals surface area contributed by atoms with Gasteiger partial charge in [-0.2, -0.15) is 0 Å². The van der Waals surface area contributed by atoms with Crippen molar-refractivity contribution in [3.63, 3.8) is 0 Å². The minimum absolute atomic E-state index is 0.0190. The van der Waals surface area contributed by atoms with Crippen LogP contribution >= 0.6 is 0 Å². The second-order valence-corrected chi connectivity index (χ2v) is 8.54. The highest BCUT2D eigenvalue weighted by Crippen LogP contribution is 2.15. The first-order chi connectivity index (χ1) is 15.8. The van der Waals surface area contributed by atoms with Gasteiger partial charge in [-0.3, -0.25) is 14.2 Å². The van der Waals surface area contributed by atoms with Crippen molar-refractivity contribution in [3.05, 3.63) is 80.0 Å². The van der Waals surface area contributed by atoms with Crippen molar-refractivity contribution < 1.29 is 4.79 Å². The largest absolute Gasteiger partial charge is 0.352 e. The van der Waals surface area contributed by atoms with E-state index in [4.69, 9.17) is 0 Å². The lowest BCUT2D eigenvalue weighted by atomic mass is 10.1. The predicted octanol–water partition coefficient (Wildman–Crippen LogP) is 3.11. The van der Waals surface area contributed by atoms with Gasteiger partial charge < -0.3 is 5.32 Å². The van der Waals surface area contributed by atoms with Crippen LogP contribution in [0.25, 0.3) is 16.7 Å². The van der Waals surface area contributed by atoms with Crippen molar-refractivity contribution in [2.75, 3.05) is 0 Å². The number of fused-ring (bicyclic) bond motifs is 3. The molecule has 4 aromatic rings. The zero-order chi connectivity index (χ0) is 23.7. The van der Waals surface area contributed by atoms with Gasteiger partial charge in [-0.15, -0.1) is 5.10 Å². The van der Waals surface area contributed by atoms with Crippen LogP contribution in [0.5, 0.6) is 0 Å². The van der Waals surface area contributed by atoms with E-state index in [1.165, 1.54) is 13.6 Å². The highest BCUT2D eigenvalue weighted by Gasteiger charge is 2.19. The highest BCUT2D eigenvalue weighted by molar-refractivity contribution is 5.98. The minimum Gasteiger partial charge on any atom is -0.350 e. The number of aryl methyl sites for hydroxylation is 2. The molecule has 1 N–H and O–H groups in total. The summed E-state index contributed by atoms with van der Waals surface area (Å²) in [5, 5.41) is 7.85. The molecular formula is C25H29N5O3. The molecule has 2 aromatic carbocycles. The lowest BCUT2D eigenvalue weighted by Gasteiger charge is -2.13. The molecule has 0 radical (unpaired) electrons. The Hall–Kier alpha value is -3.68. The summed E-state index contributed by atoms with van der Waals surface area (Å²) in [5.74, 6) is 0.0452. The van der Waals surface area contributed by atoms with E-state index in [0.29, 0.717) is 23.0 Å². The summed E-state index contributed by atoms with van der Waals surface area (Å²) < 4.78 is 4.36. The number of carbonyl (C=O) groups is 1. The molecule has 0 saturated carbocycles. The SMILES string of the molecule is CCCn1c(=O)c2ccc(C(=O)NC(C)CC)cc2n2c(=O)n(Cc3cccc(C)c3)nc12. The molecule has 1 atom stereocenters. The van der Waals surface area contributed by atoms with E-state index < -0.39 is 0 Å². The second-order valence-electron chi connectivity index (χ2n) is 8.54. The molecule has 1 amide bonds. The third-order valence-electron chi connectivity index (χ3n) is 5.89. The number of rotatable bonds is 7. The molecule has 2 heterocycles. The average Bonchev–Trinajstić information content (AvgIpc) is 3.12. The van der Waals surface area contributed by atoms with Gasteiger partial charge in [0.25, 0.3) is 11.5 Å². The number of nitrogens with one attached hydrogen (secondary N) is 1. The number of hydrogen-bond donors (Lipinski definition) is 1. The average molecular weight is 448 g/mol. The number of aromatic nitrogens is 4. The molecule has 8 heteroatoms. The number of hydrogen-bond acceptors (Lipinski definition) is 4. The van der Waals surface area contributed by atoms with Gasteiger partial charge in [0.05, 0.1) is 17.4 Å². The topological polar surface area (TPSA) is 90.4 Å². The molecule has 0 spiro atoms. The maximum atomic E-state index is 13.5. The Morgan fingerprint density at radius 2 is 1.91 bits per heavy atom. The first kappa shape index (κ1) is 22.5. The Labute approximate surface area is 191 Å². The van der Waals surface area contributed by atoms with Crippen LogP contribution in [0.4, 0.5) is 0 Å². The monoisotopic (exact) mass is 447 g/mol. The fourth-order valence-corrected chi connectivity index (χ4v) is 3.98. The molecule has 4 rings (SSSR count). The summed E-state index contributed by atoms with van der Waals surface area (Å²) in [6.07, 6.45) is 1.52. The van der Waals surface area contributed by atoms with E-state index >= 15 is 0 Å². The van der Waals surface area contributed by atoms with Crippen molar-refractivity contribution in [1.82, 2.24) is 24.1 Å². The standard InChI is InChI=1S/C25H29N5O3/c1-5-12-28-23(32)20-11-10-19(22(31)26-17(4)6-2)14-21(20)30-24(28)27-29(25(30)33)15-18-9-7-8-16(3)13-18/h7-11,13-14,17H,5-6,12,15H2,1-4H3,(H,26,31). The third-order valence-corrected chi connectivity index (χ3v) is 5.89. The minimum atomic E-state index is -0.346. The summed E-state index contributed by atoms with van der Waals surface area (Å²) in [6.45, 7) is 8.62. The molecule has 0 aliphatic carbocycles. The van der Waals surface area contributed by atoms with Crippen LogP contribution in [0, 0.1) is 6.92 Å². The van der Waals surface area contributed by atoms with Crippen LogP contribution in [0.3, 0.4) is 0 Å². The van der Waals surface area contributed by atoms with E-state index in [-0.39, 0.29) is 35.5 Å². The van der Waals surface area contributed by atoms with E-state index in [2.05, 4.69) is 10.4 Å². The zero-order valence-corrected chi connectivity index (χ0v) is 19.5. The Kier molecular flexibility index (Phi) is 6.18. The molecular weight excluding hydrogens is 418 g/mol. The highest BCUT2D eigenvalue weighted by atomic mass is 16.2. The first-order valence-electron chi connectivity index (χ1n) is 11.4. The smallest absolute Gasteiger partial charge is 0.350 e. The summed E-state index contributed by atoms with van der Waals surface area (Å²) >= 11 is 0. The Bertz CT molecular complexity index is 1460. The van der Waals surface area contributed by atoms with Crippen molar-refractivity contribution >= 4 is 22.6 Å². The van der Waals surface area contributed by atoms with Crippen molar-refractivity contribution in [2.24, 2.45) is 0 Å². The Morgan fingerprint density at radius 3 is 2.61 bits per heavy atom. The second kappa shape index (κ2) is 9.05. The molecule has 0 aliphatic heterocycles. The molecule has 172 valence electrons. The van der Waals surface area contributed by atoms with Gasteiger partial charge in [0.1, 0.15) is 0 Å². The van der Waals surface area contributed by atoms with Crippen molar-refractivity contribution in [2.45, 2.75) is 59.7 Å². The molecule has 8 nitrogen and oxygen atoms in total. The van der Waals surface area contributed by atoms with Crippen LogP contribution in [-0.4, -0.2) is 30.7 Å². The van der Waals surface area contributed by atoms with Gasteiger partial charge >= 0.3 is 5.69 Å². The van der Waals surface area contributed by atoms with Crippen LogP contribution in [-0.2, 0) is 13.1 Å². The summed E-state index contributed by atoms with van der Waals surface area (Å²) in [7, 11) is 0. The van der Waals surface area contributed by atoms with E-state index in [9.17, 15) is 14.4 Å². The fraction of sp³-hybridized carbons (Fsp3) is 0.360. The predicted molar refractivity (Wildman–Crippen MR) is 129 cm³/mol. The zero-order valence-electron chi connectivity index (χ0n) is 19.5. The molecule has 0 fully saturated rings. The van der Waals surface area contributed by atoms with Crippen LogP contribution in [0.15, 0.2) is 52.1 Å². The number of benzene rings is 2. The fourth-order valence-electron chi connectivity index (χ4n) is 3.98. The van der Waals surface area contributed by atoms with Gasteiger partial charge in [-0.1, -0.05) is 43.7 Å². The van der Waals surface area contributed by atoms with Gasteiger partial charge in [-0.05, 0) is 50.5 Å². The van der Waals surface area contributed by atoms with E-state index in [1.54, 1.807) is 18.2 Å². The first-order valence-corrected chi connectivity index (χ1v) is 11.4. The Morgan fingerprint density at radius 1 is 1.12 bits per heavy atom. The lowest BCUT2D eigenvalue weighted by Crippen LogP contribution is -2.32. The number of nitrogens with zero attached hydrogens (tertiary/aromatic N) is 4. The molecule has 0 saturated heterocycles. The molecule has 2 aromatic heterocycles. The van der Waals surface area contributed by atoms with Gasteiger partial charge in [0, 0.05) is 18.2 Å². The molecule has 33 heavy (non-hydrogen) atoms. The third kappa shape index (κ3) is 4.20. The van der Waals surface area contributed by atoms with Gasteiger partial charge in [0.2, 0.25) is 5.78 Å². The molecule has 0 aliphatic rings. The van der Waals surface area contributed by atoms with E-state index in [0.717, 1.165) is 24.0 Å². The quantitative estimate of drug-likeness (QED) is 0.471. The maximum absolute atomic E-state index is 13.5. The van der Waals surface area contributed by atoms with Gasteiger partial charge in [-0.25, -0.2) is 13.9 Å². The summed E-state index contributed by atoms with van der Waals surface area (Å²) in [5.41, 5.74) is 2.26. The number of carbonyl (C=O) groups excluding carboxylic acids is 1.